The fourth-order valence-corrected chi connectivity index (χ4v) is 3.07. The van der Waals surface area contributed by atoms with Crippen LogP contribution in [0, 0.1) is 5.92 Å². The zero-order valence-corrected chi connectivity index (χ0v) is 12.3. The second-order valence-corrected chi connectivity index (χ2v) is 5.77. The molecule has 0 aromatic carbocycles. The quantitative estimate of drug-likeness (QED) is 0.873. The normalized spacial score (nSPS) is 23.4. The summed E-state index contributed by atoms with van der Waals surface area (Å²) in [6, 6.07) is 0. The highest BCUT2D eigenvalue weighted by Gasteiger charge is 2.31. The summed E-state index contributed by atoms with van der Waals surface area (Å²) in [6.45, 7) is 3.50. The van der Waals surface area contributed by atoms with Gasteiger partial charge in [-0.3, -0.25) is 4.79 Å². The van der Waals surface area contributed by atoms with Crippen LogP contribution in [0.3, 0.4) is 0 Å². The third-order valence-electron chi connectivity index (χ3n) is 3.54. The lowest BCUT2D eigenvalue weighted by Crippen LogP contribution is -2.46. The third kappa shape index (κ3) is 2.82. The van der Waals surface area contributed by atoms with Crippen molar-refractivity contribution in [1.82, 2.24) is 9.88 Å². The average Bonchev–Trinajstić information content (AvgIpc) is 2.80. The van der Waals surface area contributed by atoms with Crippen LogP contribution in [0.15, 0.2) is 0 Å². The number of rotatable bonds is 3. The number of carbonyl (C=O) groups excluding carboxylic acids is 1. The van der Waals surface area contributed by atoms with Crippen LogP contribution >= 0.6 is 11.3 Å². The molecule has 1 aliphatic heterocycles. The Balaban J connectivity index is 2.13. The SMILES string of the molecule is CNc1nc(N)c(C(=O)N2CCC(C)C(OC)C2)s1. The second kappa shape index (κ2) is 5.75. The van der Waals surface area contributed by atoms with Gasteiger partial charge in [0.05, 0.1) is 6.10 Å². The first-order valence-electron chi connectivity index (χ1n) is 6.33. The predicted octanol–water partition coefficient (Wildman–Crippen LogP) is 1.26. The van der Waals surface area contributed by atoms with Gasteiger partial charge in [0.2, 0.25) is 0 Å². The number of nitrogens with two attached hydrogens (primary N) is 1. The van der Waals surface area contributed by atoms with E-state index in [-0.39, 0.29) is 12.0 Å². The van der Waals surface area contributed by atoms with E-state index in [0.29, 0.717) is 28.3 Å². The number of piperidine rings is 1. The van der Waals surface area contributed by atoms with Gasteiger partial charge >= 0.3 is 0 Å². The minimum atomic E-state index is -0.0505. The Kier molecular flexibility index (Phi) is 4.26. The van der Waals surface area contributed by atoms with E-state index < -0.39 is 0 Å². The summed E-state index contributed by atoms with van der Waals surface area (Å²) >= 11 is 1.29. The van der Waals surface area contributed by atoms with Crippen LogP contribution in [-0.4, -0.2) is 49.1 Å². The van der Waals surface area contributed by atoms with E-state index in [1.807, 2.05) is 0 Å². The van der Waals surface area contributed by atoms with E-state index in [1.165, 1.54) is 11.3 Å². The molecule has 7 heteroatoms. The molecule has 2 unspecified atom stereocenters. The number of hydrogen-bond donors (Lipinski definition) is 2. The van der Waals surface area contributed by atoms with Gasteiger partial charge in [0.15, 0.2) is 5.13 Å². The van der Waals surface area contributed by atoms with Crippen LogP contribution in [0.5, 0.6) is 0 Å². The Hall–Kier alpha value is -1.34. The van der Waals surface area contributed by atoms with Crippen LogP contribution in [0.4, 0.5) is 10.9 Å². The fourth-order valence-electron chi connectivity index (χ4n) is 2.26. The number of nitrogens with one attached hydrogen (secondary N) is 1. The lowest BCUT2D eigenvalue weighted by atomic mass is 9.96. The van der Waals surface area contributed by atoms with Gasteiger partial charge in [-0.2, -0.15) is 0 Å². The first-order chi connectivity index (χ1) is 9.06. The number of nitrogens with zero attached hydrogens (tertiary/aromatic N) is 2. The number of carbonyl (C=O) groups is 1. The molecule has 2 atom stereocenters. The Morgan fingerprint density at radius 2 is 2.37 bits per heavy atom. The standard InChI is InChI=1S/C12H20N4O2S/c1-7-4-5-16(6-8(7)18-3)11(17)9-10(13)15-12(14-2)19-9/h7-8H,4-6,13H2,1-3H3,(H,14,15). The van der Waals surface area contributed by atoms with Gasteiger partial charge in [-0.1, -0.05) is 18.3 Å². The number of ether oxygens (including phenoxy) is 1. The molecule has 106 valence electrons. The molecule has 0 saturated carbocycles. The molecule has 1 aromatic rings. The first kappa shape index (κ1) is 14.1. The average molecular weight is 284 g/mol. The van der Waals surface area contributed by atoms with E-state index >= 15 is 0 Å². The number of methoxy groups -OCH3 is 1. The third-order valence-corrected chi connectivity index (χ3v) is 4.62. The molecule has 1 amide bonds. The van der Waals surface area contributed by atoms with E-state index in [2.05, 4.69) is 17.2 Å². The molecule has 1 aromatic heterocycles. The van der Waals surface area contributed by atoms with Crippen LogP contribution < -0.4 is 11.1 Å². The fraction of sp³-hybridized carbons (Fsp3) is 0.667. The molecule has 3 N–H and O–H groups in total. The summed E-state index contributed by atoms with van der Waals surface area (Å²) in [6.07, 6.45) is 1.04. The summed E-state index contributed by atoms with van der Waals surface area (Å²) in [5, 5.41) is 3.57. The second-order valence-electron chi connectivity index (χ2n) is 4.77. The van der Waals surface area contributed by atoms with Crippen molar-refractivity contribution in [2.75, 3.05) is 38.3 Å². The number of nitrogen functional groups attached to an aromatic ring is 1. The Labute approximate surface area is 116 Å². The van der Waals surface area contributed by atoms with Crippen molar-refractivity contribution in [3.05, 3.63) is 4.88 Å². The van der Waals surface area contributed by atoms with Crippen LogP contribution in [-0.2, 0) is 4.74 Å². The lowest BCUT2D eigenvalue weighted by molar-refractivity contribution is -0.00136. The van der Waals surface area contributed by atoms with E-state index in [4.69, 9.17) is 10.5 Å². The molecule has 0 radical (unpaired) electrons. The van der Waals surface area contributed by atoms with Crippen LogP contribution in [0.25, 0.3) is 0 Å². The Bertz CT molecular complexity index is 463. The van der Waals surface area contributed by atoms with Gasteiger partial charge in [0.1, 0.15) is 10.7 Å². The minimum Gasteiger partial charge on any atom is -0.382 e. The molecule has 0 spiro atoms. The molecular formula is C12H20N4O2S. The van der Waals surface area contributed by atoms with Crippen molar-refractivity contribution < 1.29 is 9.53 Å². The van der Waals surface area contributed by atoms with Crippen molar-refractivity contribution in [1.29, 1.82) is 0 Å². The van der Waals surface area contributed by atoms with E-state index in [9.17, 15) is 4.79 Å². The molecule has 2 rings (SSSR count). The summed E-state index contributed by atoms with van der Waals surface area (Å²) in [5.41, 5.74) is 5.80. The summed E-state index contributed by atoms with van der Waals surface area (Å²) in [4.78, 5) is 18.9. The van der Waals surface area contributed by atoms with Gasteiger partial charge in [-0.15, -0.1) is 0 Å². The highest BCUT2D eigenvalue weighted by molar-refractivity contribution is 7.18. The lowest BCUT2D eigenvalue weighted by Gasteiger charge is -2.35. The van der Waals surface area contributed by atoms with Crippen molar-refractivity contribution in [2.24, 2.45) is 5.92 Å². The topological polar surface area (TPSA) is 80.5 Å². The Morgan fingerprint density at radius 1 is 1.63 bits per heavy atom. The molecular weight excluding hydrogens is 264 g/mol. The largest absolute Gasteiger partial charge is 0.382 e. The van der Waals surface area contributed by atoms with Crippen molar-refractivity contribution in [3.8, 4) is 0 Å². The Morgan fingerprint density at radius 3 is 2.95 bits per heavy atom. The molecule has 0 bridgehead atoms. The van der Waals surface area contributed by atoms with Gasteiger partial charge in [0.25, 0.3) is 5.91 Å². The number of amides is 1. The molecule has 2 heterocycles. The zero-order valence-electron chi connectivity index (χ0n) is 11.5. The van der Waals surface area contributed by atoms with Crippen molar-refractivity contribution in [2.45, 2.75) is 19.4 Å². The molecule has 0 aliphatic carbocycles. The molecule has 1 fully saturated rings. The molecule has 1 saturated heterocycles. The number of aromatic nitrogens is 1. The summed E-state index contributed by atoms with van der Waals surface area (Å²) < 4.78 is 5.43. The predicted molar refractivity (Wildman–Crippen MR) is 76.6 cm³/mol. The van der Waals surface area contributed by atoms with Crippen LogP contribution in [0.1, 0.15) is 23.0 Å². The maximum absolute atomic E-state index is 12.5. The van der Waals surface area contributed by atoms with E-state index in [1.54, 1.807) is 19.1 Å². The summed E-state index contributed by atoms with van der Waals surface area (Å²) in [7, 11) is 3.45. The van der Waals surface area contributed by atoms with Gasteiger partial charge in [0, 0.05) is 27.2 Å². The van der Waals surface area contributed by atoms with Gasteiger partial charge < -0.3 is 20.7 Å². The highest BCUT2D eigenvalue weighted by Crippen LogP contribution is 2.28. The number of hydrogen-bond acceptors (Lipinski definition) is 6. The molecule has 1 aliphatic rings. The summed E-state index contributed by atoms with van der Waals surface area (Å²) in [5.74, 6) is 0.720. The smallest absolute Gasteiger partial charge is 0.267 e. The molecule has 19 heavy (non-hydrogen) atoms. The number of anilines is 2. The number of likely N-dealkylation sites (tertiary alicyclic amines) is 1. The zero-order chi connectivity index (χ0) is 14.0. The maximum Gasteiger partial charge on any atom is 0.267 e. The monoisotopic (exact) mass is 284 g/mol. The van der Waals surface area contributed by atoms with E-state index in [0.717, 1.165) is 13.0 Å². The van der Waals surface area contributed by atoms with Gasteiger partial charge in [-0.05, 0) is 12.3 Å². The maximum atomic E-state index is 12.5. The number of thiazole rings is 1. The molecule has 6 nitrogen and oxygen atoms in total. The van der Waals surface area contributed by atoms with Crippen molar-refractivity contribution in [3.63, 3.8) is 0 Å². The van der Waals surface area contributed by atoms with Crippen LogP contribution in [0.2, 0.25) is 0 Å². The highest BCUT2D eigenvalue weighted by atomic mass is 32.1. The van der Waals surface area contributed by atoms with Gasteiger partial charge in [-0.25, -0.2) is 4.98 Å². The van der Waals surface area contributed by atoms with Crippen molar-refractivity contribution >= 4 is 28.2 Å². The first-order valence-corrected chi connectivity index (χ1v) is 7.14. The minimum absolute atomic E-state index is 0.0505.